The molecule has 2 bridgehead atoms. The van der Waals surface area contributed by atoms with E-state index in [4.69, 9.17) is 23.7 Å². The number of aliphatic hydroxyl groups is 2. The molecule has 1 aliphatic carbocycles. The molecule has 2 saturated heterocycles. The van der Waals surface area contributed by atoms with Crippen LogP contribution in [0.3, 0.4) is 0 Å². The van der Waals surface area contributed by atoms with Gasteiger partial charge in [-0.15, -0.1) is 0 Å². The van der Waals surface area contributed by atoms with E-state index in [1.807, 2.05) is 58.1 Å². The molecule has 69 heavy (non-hydrogen) atoms. The summed E-state index contributed by atoms with van der Waals surface area (Å²) in [6, 6.07) is -1.10. The third kappa shape index (κ3) is 16.2. The summed E-state index contributed by atoms with van der Waals surface area (Å²) < 4.78 is 41.8. The maximum atomic E-state index is 14.5. The average Bonchev–Trinajstić information content (AvgIpc) is 3.32. The molecule has 16 atom stereocenters. The lowest BCUT2D eigenvalue weighted by Gasteiger charge is -2.42. The summed E-state index contributed by atoms with van der Waals surface area (Å²) in [5, 5.41) is 26.9. The van der Waals surface area contributed by atoms with Gasteiger partial charge in [-0.05, 0) is 114 Å². The van der Waals surface area contributed by atoms with E-state index in [9.17, 15) is 38.8 Å². The molecule has 2 unspecified atom stereocenters. The lowest BCUT2D eigenvalue weighted by atomic mass is 9.77. The van der Waals surface area contributed by atoms with E-state index >= 15 is 0 Å². The van der Waals surface area contributed by atoms with Crippen molar-refractivity contribution >= 4 is 37.0 Å². The fraction of sp³-hybridized carbons (Fsp3) is 0.755. The number of piperidine rings is 1. The van der Waals surface area contributed by atoms with Gasteiger partial charge in [0.05, 0.1) is 26.1 Å². The van der Waals surface area contributed by atoms with Gasteiger partial charge in [0.1, 0.15) is 30.1 Å². The number of amides is 1. The number of methoxy groups -OCH3 is 3. The molecule has 16 heteroatoms. The van der Waals surface area contributed by atoms with Gasteiger partial charge in [0.2, 0.25) is 5.79 Å². The van der Waals surface area contributed by atoms with Gasteiger partial charge in [-0.2, -0.15) is 0 Å². The third-order valence-electron chi connectivity index (χ3n) is 15.1. The van der Waals surface area contributed by atoms with E-state index in [1.54, 1.807) is 47.7 Å². The van der Waals surface area contributed by atoms with Crippen LogP contribution in [0.25, 0.3) is 0 Å². The first-order chi connectivity index (χ1) is 32.6. The molecule has 4 rings (SSSR count). The minimum Gasteiger partial charge on any atom is -0.460 e. The number of aliphatic hydroxyl groups excluding tert-OH is 1. The van der Waals surface area contributed by atoms with Crippen LogP contribution in [0.1, 0.15) is 126 Å². The molecule has 0 aromatic rings. The van der Waals surface area contributed by atoms with Gasteiger partial charge in [0.15, 0.2) is 5.78 Å². The predicted octanol–water partition coefficient (Wildman–Crippen LogP) is 6.92. The lowest BCUT2D eigenvalue weighted by molar-refractivity contribution is -0.265. The summed E-state index contributed by atoms with van der Waals surface area (Å²) in [4.78, 5) is 72.3. The van der Waals surface area contributed by atoms with E-state index in [1.165, 1.54) is 12.0 Å². The lowest BCUT2D eigenvalue weighted by Crippen LogP contribution is -2.61. The van der Waals surface area contributed by atoms with E-state index in [2.05, 4.69) is 5.32 Å². The number of allylic oxidation sites excluding steroid dienone is 6. The second kappa shape index (κ2) is 27.6. The van der Waals surface area contributed by atoms with Crippen molar-refractivity contribution in [3.05, 3.63) is 47.6 Å². The van der Waals surface area contributed by atoms with Crippen LogP contribution >= 0.6 is 7.80 Å². The number of carbonyl (C=O) groups is 5. The number of hydrogen-bond acceptors (Lipinski definition) is 14. The molecule has 3 N–H and O–H groups in total. The molecule has 0 spiro atoms. The van der Waals surface area contributed by atoms with Crippen LogP contribution in [0.2, 0.25) is 0 Å². The third-order valence-corrected chi connectivity index (χ3v) is 15.8. The zero-order valence-corrected chi connectivity index (χ0v) is 44.3. The molecule has 15 nitrogen and oxygen atoms in total. The Bertz CT molecular complexity index is 1900. The van der Waals surface area contributed by atoms with Gasteiger partial charge in [-0.1, -0.05) is 71.1 Å². The van der Waals surface area contributed by atoms with Crippen LogP contribution in [0, 0.1) is 35.5 Å². The number of rotatable bonds is 9. The van der Waals surface area contributed by atoms with Crippen LogP contribution < -0.4 is 5.32 Å². The maximum Gasteiger partial charge on any atom is 0.329 e. The van der Waals surface area contributed by atoms with Gasteiger partial charge in [-0.3, -0.25) is 19.2 Å². The number of ketones is 3. The monoisotopic (exact) mass is 989 g/mol. The standard InChI is InChI=1S/C53H85N2O13P/c1-32-17-13-12-14-18-33(2)44(64-8)29-40-22-20-38(7)53(62,68-40)50(59)51(60)55-24-16-15-19-42(55)52(61)67-45(35(4)27-39-21-23-41(46(28-39)65-9)54-31-69(11)63)30-43(56)34(3)26-37(6)48(58)49(66-10)47(57)36(5)25-32/h12-14,17-18,26,32,34-36,38-42,44-46,48-49,54,58,62,69H,15-16,19-25,27-31H2,1-11H3/b14-12+,17-13+,33-18+,37-26+/t32-,34-,35-,36-,38-,39+,40+,41?,42+,44+,45+,46-,48-,49+,53-/m1/s1. The van der Waals surface area contributed by atoms with Crippen molar-refractivity contribution in [2.24, 2.45) is 35.5 Å². The summed E-state index contributed by atoms with van der Waals surface area (Å²) >= 11 is 0. The second-order valence-corrected chi connectivity index (χ2v) is 22.5. The van der Waals surface area contributed by atoms with Crippen LogP contribution in [-0.4, -0.2) is 140 Å². The Hall–Kier alpha value is -3.14. The molecule has 1 amide bonds. The first-order valence-corrected chi connectivity index (χ1v) is 27.5. The highest BCUT2D eigenvalue weighted by molar-refractivity contribution is 7.43. The smallest absolute Gasteiger partial charge is 0.329 e. The molecule has 3 fully saturated rings. The zero-order valence-electron chi connectivity index (χ0n) is 43.3. The Balaban J connectivity index is 1.70. The Labute approximate surface area is 412 Å². The highest BCUT2D eigenvalue weighted by atomic mass is 31.1. The van der Waals surface area contributed by atoms with Crippen LogP contribution in [0.15, 0.2) is 47.6 Å². The SMILES string of the molecule is CO[C@H]1C[C@@H]2CC[C@@H](C)[C@@](O)(O2)C(=O)C(=O)N2CCCC[C@H]2C(=O)O[C@H]([C@H](C)C[C@@H]2CCC(NC[PH](C)=O)[C@H](OC)C2)CC(=O)[C@H](C)/C=C(\C)[C@@H](O)[C@@H](OC)C(=O)[C@H](C)C[C@H](C)/C=C/C=C/C=C/1C. The topological polar surface area (TPSA) is 204 Å². The zero-order chi connectivity index (χ0) is 51.2. The van der Waals surface area contributed by atoms with Crippen molar-refractivity contribution in [3.8, 4) is 0 Å². The number of carbonyl (C=O) groups excluding carboxylic acids is 5. The van der Waals surface area contributed by atoms with Crippen LogP contribution in [0.4, 0.5) is 0 Å². The molecule has 3 aliphatic heterocycles. The van der Waals surface area contributed by atoms with Crippen LogP contribution in [0.5, 0.6) is 0 Å². The van der Waals surface area contributed by atoms with Gasteiger partial charge < -0.3 is 48.7 Å². The number of hydrogen-bond donors (Lipinski definition) is 3. The summed E-state index contributed by atoms with van der Waals surface area (Å²) in [6.07, 6.45) is 12.9. The molecule has 3 heterocycles. The fourth-order valence-corrected chi connectivity index (χ4v) is 11.2. The van der Waals surface area contributed by atoms with Crippen molar-refractivity contribution in [2.45, 2.75) is 180 Å². The average molecular weight is 989 g/mol. The van der Waals surface area contributed by atoms with Gasteiger partial charge >= 0.3 is 5.97 Å². The van der Waals surface area contributed by atoms with E-state index in [-0.39, 0.29) is 60.9 Å². The molecular weight excluding hydrogens is 904 g/mol. The second-order valence-electron chi connectivity index (χ2n) is 20.7. The molecule has 0 aromatic carbocycles. The number of fused-ring (bicyclic) bond motifs is 3. The largest absolute Gasteiger partial charge is 0.460 e. The molecule has 4 aliphatic rings. The Morgan fingerprint density at radius 3 is 2.29 bits per heavy atom. The highest BCUT2D eigenvalue weighted by Gasteiger charge is 2.53. The van der Waals surface area contributed by atoms with Crippen molar-refractivity contribution in [3.63, 3.8) is 0 Å². The number of esters is 1. The van der Waals surface area contributed by atoms with Crippen molar-refractivity contribution < 1.29 is 62.4 Å². The van der Waals surface area contributed by atoms with Crippen molar-refractivity contribution in [1.82, 2.24) is 10.2 Å². The number of cyclic esters (lactones) is 1. The number of Topliss-reactive ketones (excluding diaryl/α,β-unsaturated/α-hetero) is 3. The van der Waals surface area contributed by atoms with Crippen molar-refractivity contribution in [2.75, 3.05) is 40.8 Å². The fourth-order valence-electron chi connectivity index (χ4n) is 10.6. The van der Waals surface area contributed by atoms with Crippen molar-refractivity contribution in [1.29, 1.82) is 0 Å². The van der Waals surface area contributed by atoms with E-state index < -0.39 is 85.6 Å². The molecular formula is C53H85N2O13P. The quantitative estimate of drug-likeness (QED) is 0.0929. The minimum absolute atomic E-state index is 0.0164. The van der Waals surface area contributed by atoms with E-state index in [0.29, 0.717) is 63.2 Å². The summed E-state index contributed by atoms with van der Waals surface area (Å²) in [7, 11) is 2.90. The highest BCUT2D eigenvalue weighted by Crippen LogP contribution is 2.38. The Kier molecular flexibility index (Phi) is 23.4. The molecule has 1 saturated carbocycles. The van der Waals surface area contributed by atoms with Crippen LogP contribution in [-0.2, 0) is 52.2 Å². The molecule has 0 aromatic heterocycles. The summed E-state index contributed by atoms with van der Waals surface area (Å²) in [5.74, 6) is -7.90. The van der Waals surface area contributed by atoms with Gasteiger partial charge in [0, 0.05) is 70.8 Å². The normalized spacial score (nSPS) is 39.2. The number of ether oxygens (including phenoxy) is 5. The first-order valence-electron chi connectivity index (χ1n) is 25.4. The maximum absolute atomic E-state index is 14.5. The van der Waals surface area contributed by atoms with Gasteiger partial charge in [-0.25, -0.2) is 4.79 Å². The minimum atomic E-state index is -2.43. The summed E-state index contributed by atoms with van der Waals surface area (Å²) in [6.45, 7) is 14.5. The Morgan fingerprint density at radius 1 is 0.899 bits per heavy atom. The number of nitrogens with zero attached hydrogens (tertiary/aromatic N) is 1. The van der Waals surface area contributed by atoms with E-state index in [0.717, 1.165) is 18.4 Å². The summed E-state index contributed by atoms with van der Waals surface area (Å²) in [5.41, 5.74) is 1.27. The Morgan fingerprint density at radius 2 is 1.62 bits per heavy atom. The number of nitrogens with one attached hydrogen (secondary N) is 1. The van der Waals surface area contributed by atoms with Gasteiger partial charge in [0.25, 0.3) is 11.7 Å². The first kappa shape index (κ1) is 58.4. The molecule has 0 radical (unpaired) electrons. The predicted molar refractivity (Wildman–Crippen MR) is 266 cm³/mol. The molecule has 390 valence electrons.